The number of nitrogens with one attached hydrogen (secondary N) is 1. The molecule has 0 aliphatic heterocycles. The van der Waals surface area contributed by atoms with Crippen LogP contribution in [0, 0.1) is 5.82 Å². The highest BCUT2D eigenvalue weighted by atomic mass is 35.5. The summed E-state index contributed by atoms with van der Waals surface area (Å²) in [7, 11) is 1.59. The summed E-state index contributed by atoms with van der Waals surface area (Å²) in [5, 5.41) is 12.3. The van der Waals surface area contributed by atoms with Crippen LogP contribution >= 0.6 is 11.6 Å². The third kappa shape index (κ3) is 2.99. The predicted octanol–water partition coefficient (Wildman–Crippen LogP) is 1.24. The number of ketones is 1. The molecule has 1 rings (SSSR count). The molecule has 1 aromatic carbocycles. The fourth-order valence-corrected chi connectivity index (χ4v) is 1.32. The summed E-state index contributed by atoms with van der Waals surface area (Å²) < 4.78 is 13.2. The lowest BCUT2D eigenvalue weighted by Gasteiger charge is -2.09. The zero-order valence-electron chi connectivity index (χ0n) is 8.13. The van der Waals surface area contributed by atoms with Gasteiger partial charge in [0.15, 0.2) is 5.78 Å². The normalized spacial score (nSPS) is 12.5. The number of benzene rings is 1. The molecule has 5 heteroatoms. The van der Waals surface area contributed by atoms with Gasteiger partial charge in [-0.15, -0.1) is 0 Å². The van der Waals surface area contributed by atoms with Gasteiger partial charge >= 0.3 is 0 Å². The van der Waals surface area contributed by atoms with E-state index < -0.39 is 17.7 Å². The lowest BCUT2D eigenvalue weighted by atomic mass is 10.1. The minimum atomic E-state index is -1.26. The maximum absolute atomic E-state index is 13.2. The molecule has 0 bridgehead atoms. The highest BCUT2D eigenvalue weighted by molar-refractivity contribution is 6.31. The van der Waals surface area contributed by atoms with Gasteiger partial charge in [0.05, 0.1) is 5.56 Å². The molecule has 1 atom stereocenters. The Morgan fingerprint density at radius 3 is 2.93 bits per heavy atom. The van der Waals surface area contributed by atoms with Crippen molar-refractivity contribution in [1.82, 2.24) is 5.32 Å². The van der Waals surface area contributed by atoms with Gasteiger partial charge in [-0.1, -0.05) is 11.6 Å². The molecule has 0 fully saturated rings. The monoisotopic (exact) mass is 231 g/mol. The summed E-state index contributed by atoms with van der Waals surface area (Å²) in [6.45, 7) is 0.0742. The summed E-state index contributed by atoms with van der Waals surface area (Å²) in [4.78, 5) is 11.5. The van der Waals surface area contributed by atoms with E-state index in [1.165, 1.54) is 12.1 Å². The second kappa shape index (κ2) is 5.21. The van der Waals surface area contributed by atoms with E-state index in [0.29, 0.717) is 0 Å². The van der Waals surface area contributed by atoms with Gasteiger partial charge in [-0.3, -0.25) is 4.79 Å². The summed E-state index contributed by atoms with van der Waals surface area (Å²) in [6, 6.07) is 3.65. The fraction of sp³-hybridized carbons (Fsp3) is 0.300. The molecule has 2 N–H and O–H groups in total. The summed E-state index contributed by atoms with van der Waals surface area (Å²) in [5.74, 6) is -1.36. The second-order valence-electron chi connectivity index (χ2n) is 3.06. The topological polar surface area (TPSA) is 49.3 Å². The van der Waals surface area contributed by atoms with Crippen LogP contribution in [0.25, 0.3) is 0 Å². The quantitative estimate of drug-likeness (QED) is 0.767. The van der Waals surface area contributed by atoms with Crippen LogP contribution in [0.4, 0.5) is 4.39 Å². The Hall–Kier alpha value is -0.970. The van der Waals surface area contributed by atoms with E-state index in [2.05, 4.69) is 5.32 Å². The minimum Gasteiger partial charge on any atom is -0.384 e. The smallest absolute Gasteiger partial charge is 0.195 e. The van der Waals surface area contributed by atoms with Crippen LogP contribution in [0.3, 0.4) is 0 Å². The van der Waals surface area contributed by atoms with E-state index in [1.807, 2.05) is 0 Å². The van der Waals surface area contributed by atoms with Crippen molar-refractivity contribution >= 4 is 17.4 Å². The number of aliphatic hydroxyl groups is 1. The third-order valence-corrected chi connectivity index (χ3v) is 2.13. The summed E-state index contributed by atoms with van der Waals surface area (Å²) in [6.07, 6.45) is -1.26. The largest absolute Gasteiger partial charge is 0.384 e. The molecule has 82 valence electrons. The average Bonchev–Trinajstić information content (AvgIpc) is 2.21. The number of aliphatic hydroxyl groups excluding tert-OH is 1. The molecular formula is C10H11ClFNO2. The molecule has 3 nitrogen and oxygen atoms in total. The molecule has 0 aromatic heterocycles. The van der Waals surface area contributed by atoms with Gasteiger partial charge in [0, 0.05) is 11.6 Å². The SMILES string of the molecule is CNCC(O)C(=O)c1cc(Cl)ccc1F. The maximum atomic E-state index is 13.2. The van der Waals surface area contributed by atoms with Crippen LogP contribution in [-0.4, -0.2) is 30.6 Å². The molecule has 0 aliphatic carbocycles. The van der Waals surface area contributed by atoms with E-state index in [4.69, 9.17) is 11.6 Å². The van der Waals surface area contributed by atoms with E-state index in [0.717, 1.165) is 6.07 Å². The van der Waals surface area contributed by atoms with Gasteiger partial charge in [0.25, 0.3) is 0 Å². The first-order valence-electron chi connectivity index (χ1n) is 4.38. The van der Waals surface area contributed by atoms with Crippen molar-refractivity contribution in [3.63, 3.8) is 0 Å². The first-order chi connectivity index (χ1) is 7.06. The van der Waals surface area contributed by atoms with Crippen LogP contribution in [0.15, 0.2) is 18.2 Å². The Kier molecular flexibility index (Phi) is 4.20. The van der Waals surface area contributed by atoms with Gasteiger partial charge in [0.1, 0.15) is 11.9 Å². The van der Waals surface area contributed by atoms with E-state index >= 15 is 0 Å². The number of carbonyl (C=O) groups is 1. The molecule has 0 heterocycles. The van der Waals surface area contributed by atoms with E-state index in [9.17, 15) is 14.3 Å². The van der Waals surface area contributed by atoms with Gasteiger partial charge < -0.3 is 10.4 Å². The molecular weight excluding hydrogens is 221 g/mol. The van der Waals surface area contributed by atoms with Crippen LogP contribution in [0.2, 0.25) is 5.02 Å². The Labute approximate surface area is 91.9 Å². The lowest BCUT2D eigenvalue weighted by molar-refractivity contribution is 0.0746. The molecule has 15 heavy (non-hydrogen) atoms. The highest BCUT2D eigenvalue weighted by Gasteiger charge is 2.19. The average molecular weight is 232 g/mol. The van der Waals surface area contributed by atoms with Crippen molar-refractivity contribution in [2.75, 3.05) is 13.6 Å². The number of halogens is 2. The summed E-state index contributed by atoms with van der Waals surface area (Å²) >= 11 is 5.63. The first-order valence-corrected chi connectivity index (χ1v) is 4.76. The molecule has 1 unspecified atom stereocenters. The highest BCUT2D eigenvalue weighted by Crippen LogP contribution is 2.16. The van der Waals surface area contributed by atoms with E-state index in [1.54, 1.807) is 7.05 Å². The van der Waals surface area contributed by atoms with Crippen molar-refractivity contribution in [3.05, 3.63) is 34.6 Å². The van der Waals surface area contributed by atoms with E-state index in [-0.39, 0.29) is 17.1 Å². The maximum Gasteiger partial charge on any atom is 0.195 e. The Morgan fingerprint density at radius 1 is 1.67 bits per heavy atom. The number of hydrogen-bond acceptors (Lipinski definition) is 3. The Morgan fingerprint density at radius 2 is 2.33 bits per heavy atom. The van der Waals surface area contributed by atoms with Crippen LogP contribution in [-0.2, 0) is 0 Å². The molecule has 0 saturated heterocycles. The Bertz CT molecular complexity index is 370. The minimum absolute atomic E-state index is 0.0742. The van der Waals surface area contributed by atoms with Crippen molar-refractivity contribution in [2.45, 2.75) is 6.10 Å². The third-order valence-electron chi connectivity index (χ3n) is 1.89. The van der Waals surface area contributed by atoms with Crippen molar-refractivity contribution < 1.29 is 14.3 Å². The van der Waals surface area contributed by atoms with Gasteiger partial charge in [0.2, 0.25) is 0 Å². The molecule has 1 aromatic rings. The zero-order chi connectivity index (χ0) is 11.4. The van der Waals surface area contributed by atoms with Crippen molar-refractivity contribution in [2.24, 2.45) is 0 Å². The summed E-state index contributed by atoms with van der Waals surface area (Å²) in [5.41, 5.74) is -0.190. The van der Waals surface area contributed by atoms with Crippen molar-refractivity contribution in [1.29, 1.82) is 0 Å². The number of carbonyl (C=O) groups excluding carboxylic acids is 1. The number of hydrogen-bond donors (Lipinski definition) is 2. The van der Waals surface area contributed by atoms with Gasteiger partial charge in [-0.2, -0.15) is 0 Å². The molecule has 0 spiro atoms. The molecule has 0 radical (unpaired) electrons. The van der Waals surface area contributed by atoms with Crippen molar-refractivity contribution in [3.8, 4) is 0 Å². The van der Waals surface area contributed by atoms with Gasteiger partial charge in [-0.05, 0) is 25.2 Å². The zero-order valence-corrected chi connectivity index (χ0v) is 8.88. The fourth-order valence-electron chi connectivity index (χ4n) is 1.15. The number of likely N-dealkylation sites (N-methyl/N-ethyl adjacent to an activating group) is 1. The predicted molar refractivity (Wildman–Crippen MR) is 55.7 cm³/mol. The second-order valence-corrected chi connectivity index (χ2v) is 3.50. The number of rotatable bonds is 4. The van der Waals surface area contributed by atoms with Crippen LogP contribution < -0.4 is 5.32 Å². The number of Topliss-reactive ketones (excluding diaryl/α,β-unsaturated/α-hetero) is 1. The molecule has 0 aliphatic rings. The first kappa shape index (κ1) is 12.1. The standard InChI is InChI=1S/C10H11ClFNO2/c1-13-5-9(14)10(15)7-4-6(11)2-3-8(7)12/h2-4,9,13-14H,5H2,1H3. The molecule has 0 saturated carbocycles. The molecule has 0 amide bonds. The van der Waals surface area contributed by atoms with Gasteiger partial charge in [-0.25, -0.2) is 4.39 Å². The Balaban J connectivity index is 2.95. The van der Waals surface area contributed by atoms with Crippen LogP contribution in [0.1, 0.15) is 10.4 Å². The lowest BCUT2D eigenvalue weighted by Crippen LogP contribution is -2.31. The van der Waals surface area contributed by atoms with Crippen LogP contribution in [0.5, 0.6) is 0 Å².